The van der Waals surface area contributed by atoms with Crippen LogP contribution < -0.4 is 4.74 Å². The molecule has 0 heterocycles. The van der Waals surface area contributed by atoms with Crippen LogP contribution in [-0.4, -0.2) is 18.7 Å². The van der Waals surface area contributed by atoms with Crippen molar-refractivity contribution in [3.63, 3.8) is 0 Å². The highest BCUT2D eigenvalue weighted by molar-refractivity contribution is 5.87. The number of hydrogen-bond donors (Lipinski definition) is 0. The number of hydrogen-bond acceptors (Lipinski definition) is 3. The number of carbonyl (C=O) groups excluding carboxylic acids is 1. The second-order valence-electron chi connectivity index (χ2n) is 5.23. The molecule has 0 N–H and O–H groups in total. The quantitative estimate of drug-likeness (QED) is 0.361. The molecule has 0 saturated heterocycles. The Kier molecular flexibility index (Phi) is 8.25. The van der Waals surface area contributed by atoms with Gasteiger partial charge in [0.25, 0.3) is 0 Å². The van der Waals surface area contributed by atoms with E-state index in [9.17, 15) is 4.79 Å². The van der Waals surface area contributed by atoms with Crippen molar-refractivity contribution in [1.29, 1.82) is 0 Å². The Labute approximate surface area is 128 Å². The molecular formula is C18H26O3. The van der Waals surface area contributed by atoms with Gasteiger partial charge in [0, 0.05) is 5.57 Å². The molecule has 3 heteroatoms. The highest BCUT2D eigenvalue weighted by atomic mass is 16.5. The molecule has 1 rings (SSSR count). The molecule has 1 aromatic rings. The SMILES string of the molecule is C=C(C)C(=O)OC(CC)CCCCCOc1ccccc1. The summed E-state index contributed by atoms with van der Waals surface area (Å²) < 4.78 is 11.0. The second kappa shape index (κ2) is 10.0. The fourth-order valence-electron chi connectivity index (χ4n) is 1.96. The minimum Gasteiger partial charge on any atom is -0.494 e. The first-order chi connectivity index (χ1) is 10.1. The lowest BCUT2D eigenvalue weighted by atomic mass is 10.1. The van der Waals surface area contributed by atoms with Gasteiger partial charge in [-0.3, -0.25) is 0 Å². The first-order valence-corrected chi connectivity index (χ1v) is 7.67. The molecule has 1 unspecified atom stereocenters. The Bertz CT molecular complexity index is 425. The summed E-state index contributed by atoms with van der Waals surface area (Å²) in [5.74, 6) is 0.633. The van der Waals surface area contributed by atoms with E-state index in [0.717, 1.165) is 44.5 Å². The molecule has 116 valence electrons. The molecule has 1 atom stereocenters. The average molecular weight is 290 g/mol. The summed E-state index contributed by atoms with van der Waals surface area (Å²) in [5.41, 5.74) is 0.463. The molecule has 0 aromatic heterocycles. The van der Waals surface area contributed by atoms with Gasteiger partial charge < -0.3 is 9.47 Å². The maximum Gasteiger partial charge on any atom is 0.333 e. The first kappa shape index (κ1) is 17.3. The van der Waals surface area contributed by atoms with Crippen LogP contribution in [0.15, 0.2) is 42.5 Å². The van der Waals surface area contributed by atoms with Gasteiger partial charge >= 0.3 is 5.97 Å². The standard InChI is InChI=1S/C18H26O3/c1-4-16(21-18(19)15(2)3)11-9-6-10-14-20-17-12-7-5-8-13-17/h5,7-8,12-13,16H,2,4,6,9-11,14H2,1,3H3. The summed E-state index contributed by atoms with van der Waals surface area (Å²) in [6.45, 7) is 8.04. The van der Waals surface area contributed by atoms with E-state index in [2.05, 4.69) is 6.58 Å². The molecule has 0 radical (unpaired) electrons. The van der Waals surface area contributed by atoms with Crippen molar-refractivity contribution >= 4 is 5.97 Å². The molecule has 0 spiro atoms. The van der Waals surface area contributed by atoms with Crippen LogP contribution >= 0.6 is 0 Å². The van der Waals surface area contributed by atoms with Crippen molar-refractivity contribution in [3.05, 3.63) is 42.5 Å². The Morgan fingerprint density at radius 1 is 1.19 bits per heavy atom. The molecular weight excluding hydrogens is 264 g/mol. The van der Waals surface area contributed by atoms with Crippen LogP contribution in [0.4, 0.5) is 0 Å². The van der Waals surface area contributed by atoms with Crippen LogP contribution in [0.3, 0.4) is 0 Å². The van der Waals surface area contributed by atoms with Crippen LogP contribution in [0.25, 0.3) is 0 Å². The van der Waals surface area contributed by atoms with Crippen LogP contribution in [-0.2, 0) is 9.53 Å². The maximum atomic E-state index is 11.5. The third kappa shape index (κ3) is 7.54. The van der Waals surface area contributed by atoms with Gasteiger partial charge in [-0.05, 0) is 51.2 Å². The van der Waals surface area contributed by atoms with Gasteiger partial charge in [-0.1, -0.05) is 31.7 Å². The largest absolute Gasteiger partial charge is 0.494 e. The molecule has 1 aromatic carbocycles. The predicted octanol–water partition coefficient (Wildman–Crippen LogP) is 4.52. The van der Waals surface area contributed by atoms with E-state index in [1.54, 1.807) is 6.92 Å². The number of esters is 1. The van der Waals surface area contributed by atoms with Gasteiger partial charge in [0.05, 0.1) is 6.61 Å². The summed E-state index contributed by atoms with van der Waals surface area (Å²) >= 11 is 0. The second-order valence-corrected chi connectivity index (χ2v) is 5.23. The molecule has 0 aliphatic carbocycles. The van der Waals surface area contributed by atoms with E-state index in [-0.39, 0.29) is 12.1 Å². The maximum absolute atomic E-state index is 11.5. The van der Waals surface area contributed by atoms with Crippen molar-refractivity contribution in [2.45, 2.75) is 52.1 Å². The van der Waals surface area contributed by atoms with Gasteiger partial charge in [0.1, 0.15) is 11.9 Å². The number of para-hydroxylation sites is 1. The number of ether oxygens (including phenoxy) is 2. The van der Waals surface area contributed by atoms with E-state index < -0.39 is 0 Å². The van der Waals surface area contributed by atoms with E-state index in [1.807, 2.05) is 37.3 Å². The van der Waals surface area contributed by atoms with E-state index in [1.165, 1.54) is 0 Å². The highest BCUT2D eigenvalue weighted by Gasteiger charge is 2.12. The highest BCUT2D eigenvalue weighted by Crippen LogP contribution is 2.13. The third-order valence-corrected chi connectivity index (χ3v) is 3.26. The van der Waals surface area contributed by atoms with Crippen LogP contribution in [0.5, 0.6) is 5.75 Å². The zero-order chi connectivity index (χ0) is 15.5. The van der Waals surface area contributed by atoms with Gasteiger partial charge in [-0.15, -0.1) is 0 Å². The molecule has 0 aliphatic heterocycles. The van der Waals surface area contributed by atoms with E-state index in [0.29, 0.717) is 5.57 Å². The lowest BCUT2D eigenvalue weighted by Gasteiger charge is -2.16. The Morgan fingerprint density at radius 2 is 1.90 bits per heavy atom. The normalized spacial score (nSPS) is 11.7. The van der Waals surface area contributed by atoms with Crippen LogP contribution in [0, 0.1) is 0 Å². The van der Waals surface area contributed by atoms with Gasteiger partial charge in [0.2, 0.25) is 0 Å². The van der Waals surface area contributed by atoms with E-state index in [4.69, 9.17) is 9.47 Å². The lowest BCUT2D eigenvalue weighted by Crippen LogP contribution is -2.17. The number of rotatable bonds is 10. The first-order valence-electron chi connectivity index (χ1n) is 7.67. The fraction of sp³-hybridized carbons (Fsp3) is 0.500. The van der Waals surface area contributed by atoms with E-state index >= 15 is 0 Å². The zero-order valence-corrected chi connectivity index (χ0v) is 13.1. The smallest absolute Gasteiger partial charge is 0.333 e. The van der Waals surface area contributed by atoms with Crippen molar-refractivity contribution in [1.82, 2.24) is 0 Å². The minimum absolute atomic E-state index is 0.00393. The Balaban J connectivity index is 2.09. The Morgan fingerprint density at radius 3 is 2.52 bits per heavy atom. The molecule has 0 fully saturated rings. The molecule has 0 bridgehead atoms. The third-order valence-electron chi connectivity index (χ3n) is 3.26. The van der Waals surface area contributed by atoms with Gasteiger partial charge in [-0.2, -0.15) is 0 Å². The summed E-state index contributed by atoms with van der Waals surface area (Å²) in [6, 6.07) is 9.84. The summed E-state index contributed by atoms with van der Waals surface area (Å²) in [5, 5.41) is 0. The van der Waals surface area contributed by atoms with Gasteiger partial charge in [0.15, 0.2) is 0 Å². The van der Waals surface area contributed by atoms with Crippen molar-refractivity contribution in [3.8, 4) is 5.75 Å². The molecule has 0 aliphatic rings. The van der Waals surface area contributed by atoms with Crippen LogP contribution in [0.2, 0.25) is 0 Å². The number of benzene rings is 1. The monoisotopic (exact) mass is 290 g/mol. The van der Waals surface area contributed by atoms with Crippen molar-refractivity contribution < 1.29 is 14.3 Å². The summed E-state index contributed by atoms with van der Waals surface area (Å²) in [7, 11) is 0. The topological polar surface area (TPSA) is 35.5 Å². The zero-order valence-electron chi connectivity index (χ0n) is 13.1. The summed E-state index contributed by atoms with van der Waals surface area (Å²) in [6.07, 6.45) is 4.89. The Hall–Kier alpha value is -1.77. The van der Waals surface area contributed by atoms with Gasteiger partial charge in [-0.25, -0.2) is 4.79 Å². The fourth-order valence-corrected chi connectivity index (χ4v) is 1.96. The molecule has 21 heavy (non-hydrogen) atoms. The number of carbonyl (C=O) groups is 1. The van der Waals surface area contributed by atoms with Crippen molar-refractivity contribution in [2.24, 2.45) is 0 Å². The molecule has 3 nitrogen and oxygen atoms in total. The van der Waals surface area contributed by atoms with Crippen molar-refractivity contribution in [2.75, 3.05) is 6.61 Å². The average Bonchev–Trinajstić information content (AvgIpc) is 2.50. The predicted molar refractivity (Wildman–Crippen MR) is 85.4 cm³/mol. The minimum atomic E-state index is -0.283. The number of unbranched alkanes of at least 4 members (excludes halogenated alkanes) is 2. The summed E-state index contributed by atoms with van der Waals surface area (Å²) in [4.78, 5) is 11.5. The molecule has 0 amide bonds. The lowest BCUT2D eigenvalue weighted by molar-refractivity contribution is -0.144. The molecule has 0 saturated carbocycles. The van der Waals surface area contributed by atoms with Crippen LogP contribution in [0.1, 0.15) is 46.0 Å².